The summed E-state index contributed by atoms with van der Waals surface area (Å²) in [5, 5.41) is 21.2. The van der Waals surface area contributed by atoms with Crippen molar-refractivity contribution >= 4 is 0 Å². The molecule has 0 amide bonds. The summed E-state index contributed by atoms with van der Waals surface area (Å²) in [7, 11) is 0. The molecule has 0 spiro atoms. The summed E-state index contributed by atoms with van der Waals surface area (Å²) in [5.74, 6) is 0.587. The first kappa shape index (κ1) is 12.0. The lowest BCUT2D eigenvalue weighted by molar-refractivity contribution is -0.0850. The molecular weight excluding hydrogens is 212 g/mol. The molecule has 3 aliphatic rings. The molecule has 3 saturated carbocycles. The zero-order valence-electron chi connectivity index (χ0n) is 11.5. The van der Waals surface area contributed by atoms with Gasteiger partial charge in [0.2, 0.25) is 0 Å². The Morgan fingerprint density at radius 3 is 2.18 bits per heavy atom. The molecule has 0 aromatic rings. The predicted molar refractivity (Wildman–Crippen MR) is 67.5 cm³/mol. The third kappa shape index (κ3) is 1.14. The summed E-state index contributed by atoms with van der Waals surface area (Å²) in [6.07, 6.45) is 3.96. The second-order valence-corrected chi connectivity index (χ2v) is 7.94. The summed E-state index contributed by atoms with van der Waals surface area (Å²) in [4.78, 5) is 0. The number of aliphatic hydroxyl groups excluding tert-OH is 2. The monoisotopic (exact) mass is 238 g/mol. The molecule has 2 unspecified atom stereocenters. The van der Waals surface area contributed by atoms with Crippen LogP contribution in [0.25, 0.3) is 0 Å². The summed E-state index contributed by atoms with van der Waals surface area (Å²) in [6, 6.07) is 0. The highest BCUT2D eigenvalue weighted by atomic mass is 16.3. The van der Waals surface area contributed by atoms with E-state index in [9.17, 15) is 10.2 Å². The van der Waals surface area contributed by atoms with E-state index in [1.807, 2.05) is 0 Å². The van der Waals surface area contributed by atoms with Crippen molar-refractivity contribution in [1.82, 2.24) is 0 Å². The van der Waals surface area contributed by atoms with Crippen molar-refractivity contribution < 1.29 is 10.2 Å². The minimum Gasteiger partial charge on any atom is -0.393 e. The molecule has 3 rings (SSSR count). The van der Waals surface area contributed by atoms with Gasteiger partial charge < -0.3 is 10.2 Å². The average molecular weight is 238 g/mol. The van der Waals surface area contributed by atoms with Gasteiger partial charge in [-0.15, -0.1) is 0 Å². The zero-order chi connectivity index (χ0) is 12.6. The van der Waals surface area contributed by atoms with E-state index < -0.39 is 0 Å². The van der Waals surface area contributed by atoms with Gasteiger partial charge in [0.1, 0.15) is 0 Å². The number of hydrogen-bond acceptors (Lipinski definition) is 2. The summed E-state index contributed by atoms with van der Waals surface area (Å²) >= 11 is 0. The lowest BCUT2D eigenvalue weighted by Crippen LogP contribution is -2.46. The van der Waals surface area contributed by atoms with E-state index in [0.29, 0.717) is 5.92 Å². The minimum atomic E-state index is -0.226. The Bertz CT molecular complexity index is 351. The molecule has 0 aromatic carbocycles. The van der Waals surface area contributed by atoms with Crippen LogP contribution in [0, 0.1) is 28.1 Å². The van der Waals surface area contributed by atoms with Crippen LogP contribution in [0.5, 0.6) is 0 Å². The Balaban J connectivity index is 2.15. The van der Waals surface area contributed by atoms with E-state index in [1.54, 1.807) is 0 Å². The Morgan fingerprint density at radius 1 is 0.882 bits per heavy atom. The van der Waals surface area contributed by atoms with Crippen molar-refractivity contribution in [3.05, 3.63) is 0 Å². The second-order valence-electron chi connectivity index (χ2n) is 7.94. The Kier molecular flexibility index (Phi) is 2.17. The number of aliphatic hydroxyl groups is 2. The van der Waals surface area contributed by atoms with Gasteiger partial charge in [-0.05, 0) is 41.9 Å². The van der Waals surface area contributed by atoms with E-state index >= 15 is 0 Å². The topological polar surface area (TPSA) is 40.5 Å². The molecule has 2 heteroatoms. The van der Waals surface area contributed by atoms with Crippen LogP contribution in [0.4, 0.5) is 0 Å². The van der Waals surface area contributed by atoms with Crippen molar-refractivity contribution in [2.24, 2.45) is 28.1 Å². The van der Waals surface area contributed by atoms with Crippen molar-refractivity contribution in [2.45, 2.75) is 65.6 Å². The molecule has 2 nitrogen and oxygen atoms in total. The maximum absolute atomic E-state index is 10.8. The molecule has 6 atom stereocenters. The van der Waals surface area contributed by atoms with E-state index in [2.05, 4.69) is 27.7 Å². The van der Waals surface area contributed by atoms with Crippen molar-refractivity contribution in [3.8, 4) is 0 Å². The van der Waals surface area contributed by atoms with Gasteiger partial charge in [0, 0.05) is 5.41 Å². The highest BCUT2D eigenvalue weighted by molar-refractivity contribution is 5.22. The fourth-order valence-electron chi connectivity index (χ4n) is 5.73. The molecule has 0 aliphatic heterocycles. The Labute approximate surface area is 104 Å². The third-order valence-corrected chi connectivity index (χ3v) is 6.89. The Hall–Kier alpha value is -0.0800. The van der Waals surface area contributed by atoms with Crippen molar-refractivity contribution in [1.29, 1.82) is 0 Å². The van der Waals surface area contributed by atoms with Gasteiger partial charge in [-0.3, -0.25) is 0 Å². The lowest BCUT2D eigenvalue weighted by atomic mass is 9.63. The molecule has 3 fully saturated rings. The van der Waals surface area contributed by atoms with E-state index in [-0.39, 0.29) is 34.4 Å². The highest BCUT2D eigenvalue weighted by Gasteiger charge is 2.73. The van der Waals surface area contributed by atoms with Crippen LogP contribution in [0.15, 0.2) is 0 Å². The molecule has 0 saturated heterocycles. The van der Waals surface area contributed by atoms with E-state index in [4.69, 9.17) is 0 Å². The molecule has 0 radical (unpaired) electrons. The molecule has 3 aliphatic carbocycles. The SMILES string of the molecule is CC1(C)CCCC2(C)[C@@H]3C1[C@@H](O)[C@@]2(C)C[C@H]3O. The van der Waals surface area contributed by atoms with Crippen LogP contribution in [0.3, 0.4) is 0 Å². The van der Waals surface area contributed by atoms with Gasteiger partial charge in [0.05, 0.1) is 12.2 Å². The first-order valence-corrected chi connectivity index (χ1v) is 7.10. The van der Waals surface area contributed by atoms with Crippen LogP contribution >= 0.6 is 0 Å². The second kappa shape index (κ2) is 3.08. The number of rotatable bonds is 0. The Morgan fingerprint density at radius 2 is 1.53 bits per heavy atom. The molecule has 2 N–H and O–H groups in total. The lowest BCUT2D eigenvalue weighted by Gasteiger charge is -2.45. The van der Waals surface area contributed by atoms with Gasteiger partial charge >= 0.3 is 0 Å². The first-order valence-electron chi connectivity index (χ1n) is 7.10. The molecular formula is C15H26O2. The quantitative estimate of drug-likeness (QED) is 0.681. The van der Waals surface area contributed by atoms with Gasteiger partial charge in [-0.25, -0.2) is 0 Å². The fraction of sp³-hybridized carbons (Fsp3) is 1.00. The van der Waals surface area contributed by atoms with Crippen LogP contribution in [-0.4, -0.2) is 22.4 Å². The standard InChI is InChI=1S/C15H26O2/c1-13(2)6-5-7-14(3)10-9(16)8-15(14,4)12(17)11(10)13/h9-12,16-17H,5-8H2,1-4H3/t9-,10+,11?,12-,14?,15-/m1/s1. The minimum absolute atomic E-state index is 0.0700. The molecule has 4 bridgehead atoms. The molecule has 17 heavy (non-hydrogen) atoms. The summed E-state index contributed by atoms with van der Waals surface area (Å²) < 4.78 is 0. The van der Waals surface area contributed by atoms with Crippen molar-refractivity contribution in [2.75, 3.05) is 0 Å². The van der Waals surface area contributed by atoms with Crippen LogP contribution in [0.2, 0.25) is 0 Å². The third-order valence-electron chi connectivity index (χ3n) is 6.89. The molecule has 0 heterocycles. The summed E-state index contributed by atoms with van der Waals surface area (Å²) in [6.45, 7) is 9.09. The maximum Gasteiger partial charge on any atom is 0.0637 e. The maximum atomic E-state index is 10.8. The van der Waals surface area contributed by atoms with E-state index in [0.717, 1.165) is 6.42 Å². The predicted octanol–water partition coefficient (Wildman–Crippen LogP) is 2.58. The number of hydrogen-bond donors (Lipinski definition) is 2. The normalized spacial score (nSPS) is 60.4. The van der Waals surface area contributed by atoms with Crippen molar-refractivity contribution in [3.63, 3.8) is 0 Å². The van der Waals surface area contributed by atoms with E-state index in [1.165, 1.54) is 19.3 Å². The van der Waals surface area contributed by atoms with Crippen LogP contribution in [0.1, 0.15) is 53.4 Å². The van der Waals surface area contributed by atoms with Gasteiger partial charge in [-0.1, -0.05) is 34.1 Å². The highest BCUT2D eigenvalue weighted by Crippen LogP contribution is 2.73. The van der Waals surface area contributed by atoms with Crippen LogP contribution in [-0.2, 0) is 0 Å². The van der Waals surface area contributed by atoms with Gasteiger partial charge in [-0.2, -0.15) is 0 Å². The smallest absolute Gasteiger partial charge is 0.0637 e. The zero-order valence-corrected chi connectivity index (χ0v) is 11.5. The molecule has 98 valence electrons. The largest absolute Gasteiger partial charge is 0.393 e. The van der Waals surface area contributed by atoms with Gasteiger partial charge in [0.15, 0.2) is 0 Å². The average Bonchev–Trinajstić information content (AvgIpc) is 2.44. The fourth-order valence-corrected chi connectivity index (χ4v) is 5.73. The summed E-state index contributed by atoms with van der Waals surface area (Å²) in [5.41, 5.74) is 0.241. The van der Waals surface area contributed by atoms with Gasteiger partial charge in [0.25, 0.3) is 0 Å². The molecule has 0 aromatic heterocycles. The first-order chi connectivity index (χ1) is 7.74. The van der Waals surface area contributed by atoms with Crippen LogP contribution < -0.4 is 0 Å².